The SMILES string of the molecule is Cc1ccc2[nH]nc(C(=O)NCC(C)(C)CC(C)O)c2c1. The molecule has 0 saturated heterocycles. The molecule has 0 saturated carbocycles. The minimum atomic E-state index is -0.384. The van der Waals surface area contributed by atoms with E-state index in [9.17, 15) is 9.90 Å². The van der Waals surface area contributed by atoms with Crippen LogP contribution in [0.4, 0.5) is 0 Å². The first-order chi connectivity index (χ1) is 9.78. The molecule has 2 aromatic rings. The number of aliphatic hydroxyl groups is 1. The lowest BCUT2D eigenvalue weighted by Crippen LogP contribution is -2.35. The van der Waals surface area contributed by atoms with E-state index in [1.807, 2.05) is 39.0 Å². The van der Waals surface area contributed by atoms with Crippen molar-refractivity contribution in [2.75, 3.05) is 6.54 Å². The van der Waals surface area contributed by atoms with Crippen LogP contribution in [-0.4, -0.2) is 33.9 Å². The van der Waals surface area contributed by atoms with Gasteiger partial charge in [0.2, 0.25) is 0 Å². The zero-order valence-corrected chi connectivity index (χ0v) is 13.0. The van der Waals surface area contributed by atoms with E-state index in [-0.39, 0.29) is 17.4 Å². The first kappa shape index (κ1) is 15.5. The number of nitrogens with one attached hydrogen (secondary N) is 2. The number of H-pyrrole nitrogens is 1. The number of nitrogens with zero attached hydrogens (tertiary/aromatic N) is 1. The Morgan fingerprint density at radius 3 is 2.86 bits per heavy atom. The molecular formula is C16H23N3O2. The van der Waals surface area contributed by atoms with Gasteiger partial charge in [-0.25, -0.2) is 0 Å². The maximum atomic E-state index is 12.3. The van der Waals surface area contributed by atoms with Crippen LogP contribution in [0.2, 0.25) is 0 Å². The zero-order chi connectivity index (χ0) is 15.6. The Labute approximate surface area is 124 Å². The molecule has 1 aromatic heterocycles. The van der Waals surface area contributed by atoms with Gasteiger partial charge in [0.1, 0.15) is 0 Å². The molecule has 0 bridgehead atoms. The van der Waals surface area contributed by atoms with Crippen LogP contribution in [0.25, 0.3) is 10.9 Å². The molecule has 0 spiro atoms. The van der Waals surface area contributed by atoms with E-state index in [1.165, 1.54) is 0 Å². The molecule has 3 N–H and O–H groups in total. The molecule has 5 nitrogen and oxygen atoms in total. The highest BCUT2D eigenvalue weighted by Gasteiger charge is 2.22. The summed E-state index contributed by atoms with van der Waals surface area (Å²) in [6, 6.07) is 5.86. The fourth-order valence-electron chi connectivity index (χ4n) is 2.58. The van der Waals surface area contributed by atoms with Crippen molar-refractivity contribution in [2.24, 2.45) is 5.41 Å². The third kappa shape index (κ3) is 3.82. The monoisotopic (exact) mass is 289 g/mol. The quantitative estimate of drug-likeness (QED) is 0.791. The molecule has 0 aliphatic heterocycles. The van der Waals surface area contributed by atoms with Crippen molar-refractivity contribution in [1.82, 2.24) is 15.5 Å². The predicted molar refractivity (Wildman–Crippen MR) is 83.2 cm³/mol. The van der Waals surface area contributed by atoms with Crippen molar-refractivity contribution in [3.8, 4) is 0 Å². The van der Waals surface area contributed by atoms with Crippen LogP contribution in [0.5, 0.6) is 0 Å². The molecule has 0 aliphatic rings. The highest BCUT2D eigenvalue weighted by Crippen LogP contribution is 2.22. The van der Waals surface area contributed by atoms with Crippen LogP contribution in [0.15, 0.2) is 18.2 Å². The fraction of sp³-hybridized carbons (Fsp3) is 0.500. The summed E-state index contributed by atoms with van der Waals surface area (Å²) in [5.41, 5.74) is 2.20. The summed E-state index contributed by atoms with van der Waals surface area (Å²) in [4.78, 5) is 12.3. The Balaban J connectivity index is 2.11. The third-order valence-electron chi connectivity index (χ3n) is 3.51. The number of carbonyl (C=O) groups excluding carboxylic acids is 1. The summed E-state index contributed by atoms with van der Waals surface area (Å²) >= 11 is 0. The Morgan fingerprint density at radius 2 is 2.19 bits per heavy atom. The van der Waals surface area contributed by atoms with Gasteiger partial charge in [0.25, 0.3) is 5.91 Å². The van der Waals surface area contributed by atoms with Gasteiger partial charge in [0.05, 0.1) is 11.6 Å². The normalized spacial score (nSPS) is 13.4. The van der Waals surface area contributed by atoms with Gasteiger partial charge in [-0.15, -0.1) is 0 Å². The molecular weight excluding hydrogens is 266 g/mol. The van der Waals surface area contributed by atoms with Crippen molar-refractivity contribution in [3.63, 3.8) is 0 Å². The molecule has 1 atom stereocenters. The number of aromatic amines is 1. The smallest absolute Gasteiger partial charge is 0.272 e. The van der Waals surface area contributed by atoms with Crippen molar-refractivity contribution >= 4 is 16.8 Å². The van der Waals surface area contributed by atoms with Crippen LogP contribution >= 0.6 is 0 Å². The second kappa shape index (κ2) is 5.85. The lowest BCUT2D eigenvalue weighted by molar-refractivity contribution is 0.0899. The fourth-order valence-corrected chi connectivity index (χ4v) is 2.58. The van der Waals surface area contributed by atoms with Crippen LogP contribution in [-0.2, 0) is 0 Å². The van der Waals surface area contributed by atoms with Crippen LogP contribution < -0.4 is 5.32 Å². The van der Waals surface area contributed by atoms with Crippen molar-refractivity contribution in [2.45, 2.75) is 40.2 Å². The highest BCUT2D eigenvalue weighted by atomic mass is 16.3. The van der Waals surface area contributed by atoms with Gasteiger partial charge in [0, 0.05) is 11.9 Å². The van der Waals surface area contributed by atoms with E-state index in [2.05, 4.69) is 15.5 Å². The molecule has 21 heavy (non-hydrogen) atoms. The molecule has 114 valence electrons. The van der Waals surface area contributed by atoms with Gasteiger partial charge in [-0.3, -0.25) is 9.89 Å². The Kier molecular flexibility index (Phi) is 4.32. The number of aromatic nitrogens is 2. The molecule has 1 unspecified atom stereocenters. The summed E-state index contributed by atoms with van der Waals surface area (Å²) < 4.78 is 0. The third-order valence-corrected chi connectivity index (χ3v) is 3.51. The first-order valence-electron chi connectivity index (χ1n) is 7.19. The maximum Gasteiger partial charge on any atom is 0.272 e. The van der Waals surface area contributed by atoms with Gasteiger partial charge in [-0.05, 0) is 37.8 Å². The van der Waals surface area contributed by atoms with E-state index in [0.29, 0.717) is 18.7 Å². The molecule has 0 aliphatic carbocycles. The molecule has 1 amide bonds. The van der Waals surface area contributed by atoms with Crippen molar-refractivity contribution in [1.29, 1.82) is 0 Å². The number of fused-ring (bicyclic) bond motifs is 1. The van der Waals surface area contributed by atoms with E-state index in [1.54, 1.807) is 6.92 Å². The molecule has 1 aromatic carbocycles. The summed E-state index contributed by atoms with van der Waals surface area (Å²) in [6.45, 7) is 8.28. The molecule has 2 rings (SSSR count). The molecule has 1 heterocycles. The lowest BCUT2D eigenvalue weighted by atomic mass is 9.87. The van der Waals surface area contributed by atoms with E-state index in [0.717, 1.165) is 16.5 Å². The lowest BCUT2D eigenvalue weighted by Gasteiger charge is -2.26. The number of hydrogen-bond donors (Lipinski definition) is 3. The van der Waals surface area contributed by atoms with Crippen LogP contribution in [0.1, 0.15) is 43.2 Å². The minimum absolute atomic E-state index is 0.161. The van der Waals surface area contributed by atoms with Gasteiger partial charge in [-0.2, -0.15) is 5.10 Å². The summed E-state index contributed by atoms with van der Waals surface area (Å²) in [5, 5.41) is 20.2. The second-order valence-electron chi connectivity index (χ2n) is 6.52. The molecule has 0 radical (unpaired) electrons. The number of benzene rings is 1. The van der Waals surface area contributed by atoms with Crippen LogP contribution in [0, 0.1) is 12.3 Å². The van der Waals surface area contributed by atoms with E-state index in [4.69, 9.17) is 0 Å². The maximum absolute atomic E-state index is 12.3. The Morgan fingerprint density at radius 1 is 1.48 bits per heavy atom. The summed E-state index contributed by atoms with van der Waals surface area (Å²) in [7, 11) is 0. The Bertz CT molecular complexity index is 644. The zero-order valence-electron chi connectivity index (χ0n) is 13.0. The van der Waals surface area contributed by atoms with Gasteiger partial charge < -0.3 is 10.4 Å². The first-order valence-corrected chi connectivity index (χ1v) is 7.19. The average molecular weight is 289 g/mol. The van der Waals surface area contributed by atoms with E-state index < -0.39 is 0 Å². The number of rotatable bonds is 5. The second-order valence-corrected chi connectivity index (χ2v) is 6.52. The largest absolute Gasteiger partial charge is 0.393 e. The number of aliphatic hydroxyl groups excluding tert-OH is 1. The van der Waals surface area contributed by atoms with Gasteiger partial charge >= 0.3 is 0 Å². The summed E-state index contributed by atoms with van der Waals surface area (Å²) in [5.74, 6) is -0.189. The van der Waals surface area contributed by atoms with Crippen LogP contribution in [0.3, 0.4) is 0 Å². The van der Waals surface area contributed by atoms with Gasteiger partial charge in [-0.1, -0.05) is 25.5 Å². The number of amides is 1. The van der Waals surface area contributed by atoms with Gasteiger partial charge in [0.15, 0.2) is 5.69 Å². The number of hydrogen-bond acceptors (Lipinski definition) is 3. The van der Waals surface area contributed by atoms with Crippen molar-refractivity contribution < 1.29 is 9.90 Å². The predicted octanol–water partition coefficient (Wildman–Crippen LogP) is 2.40. The molecule has 0 fully saturated rings. The summed E-state index contributed by atoms with van der Waals surface area (Å²) in [6.07, 6.45) is 0.249. The highest BCUT2D eigenvalue weighted by molar-refractivity contribution is 6.04. The molecule has 5 heteroatoms. The average Bonchev–Trinajstić information content (AvgIpc) is 2.77. The number of carbonyl (C=O) groups is 1. The topological polar surface area (TPSA) is 78.0 Å². The number of aryl methyl sites for hydroxylation is 1. The van der Waals surface area contributed by atoms with E-state index >= 15 is 0 Å². The minimum Gasteiger partial charge on any atom is -0.393 e. The standard InChI is InChI=1S/C16H23N3O2/c1-10-5-6-13-12(7-10)14(19-18-13)15(21)17-9-16(3,4)8-11(2)20/h5-7,11,20H,8-9H2,1-4H3,(H,17,21)(H,18,19). The Hall–Kier alpha value is -1.88. The van der Waals surface area contributed by atoms with Crippen molar-refractivity contribution in [3.05, 3.63) is 29.5 Å².